The van der Waals surface area contributed by atoms with Crippen molar-refractivity contribution < 1.29 is 0 Å². The highest BCUT2D eigenvalue weighted by Gasteiger charge is 2.11. The lowest BCUT2D eigenvalue weighted by Crippen LogP contribution is -2.01. The molecule has 1 N–H and O–H groups in total. The molecule has 5 nitrogen and oxygen atoms in total. The monoisotopic (exact) mass is 250 g/mol. The molecule has 0 saturated heterocycles. The molecule has 4 aromatic rings. The standard InChI is InChI=1S/C14H10N4O/c1-18-13-9-5-4-8-3-2-6-15-11(8)12(9)16-7-10(13)14(19)17-18/h2-7H,1H3,(H,17,19). The van der Waals surface area contributed by atoms with Gasteiger partial charge >= 0.3 is 0 Å². The lowest BCUT2D eigenvalue weighted by atomic mass is 10.1. The first-order valence-corrected chi connectivity index (χ1v) is 5.97. The molecule has 0 unspecified atom stereocenters. The van der Waals surface area contributed by atoms with E-state index in [1.54, 1.807) is 17.1 Å². The predicted octanol–water partition coefficient (Wildman–Crippen LogP) is 1.96. The molecule has 92 valence electrons. The summed E-state index contributed by atoms with van der Waals surface area (Å²) < 4.78 is 1.73. The maximum Gasteiger partial charge on any atom is 0.273 e. The number of aromatic nitrogens is 4. The average molecular weight is 250 g/mol. The predicted molar refractivity (Wildman–Crippen MR) is 74.1 cm³/mol. The number of aryl methyl sites for hydroxylation is 1. The smallest absolute Gasteiger partial charge is 0.273 e. The Bertz CT molecular complexity index is 997. The molecule has 0 amide bonds. The van der Waals surface area contributed by atoms with E-state index in [2.05, 4.69) is 15.1 Å². The van der Waals surface area contributed by atoms with E-state index in [4.69, 9.17) is 0 Å². The van der Waals surface area contributed by atoms with E-state index in [-0.39, 0.29) is 5.56 Å². The van der Waals surface area contributed by atoms with Gasteiger partial charge in [0.1, 0.15) is 0 Å². The van der Waals surface area contributed by atoms with E-state index in [9.17, 15) is 4.79 Å². The summed E-state index contributed by atoms with van der Waals surface area (Å²) in [5.74, 6) is 0. The molecular formula is C14H10N4O. The van der Waals surface area contributed by atoms with Crippen LogP contribution in [0.1, 0.15) is 0 Å². The number of pyridine rings is 2. The largest absolute Gasteiger partial charge is 0.287 e. The van der Waals surface area contributed by atoms with Crippen LogP contribution in [0.5, 0.6) is 0 Å². The Balaban J connectivity index is 2.35. The minimum Gasteiger partial charge on any atom is -0.287 e. The van der Waals surface area contributed by atoms with Crippen LogP contribution >= 0.6 is 0 Å². The first kappa shape index (κ1) is 10.3. The Morgan fingerprint density at radius 3 is 2.89 bits per heavy atom. The van der Waals surface area contributed by atoms with Gasteiger partial charge in [-0.15, -0.1) is 0 Å². The first-order valence-electron chi connectivity index (χ1n) is 5.97. The molecule has 0 radical (unpaired) electrons. The van der Waals surface area contributed by atoms with Crippen LogP contribution in [0, 0.1) is 0 Å². The Morgan fingerprint density at radius 1 is 1.11 bits per heavy atom. The van der Waals surface area contributed by atoms with Crippen molar-refractivity contribution in [1.29, 1.82) is 0 Å². The van der Waals surface area contributed by atoms with Crippen LogP contribution in [0.3, 0.4) is 0 Å². The number of nitrogens with one attached hydrogen (secondary N) is 1. The van der Waals surface area contributed by atoms with Crippen molar-refractivity contribution in [3.8, 4) is 0 Å². The van der Waals surface area contributed by atoms with Gasteiger partial charge in [-0.1, -0.05) is 12.1 Å². The van der Waals surface area contributed by atoms with E-state index in [0.29, 0.717) is 5.39 Å². The van der Waals surface area contributed by atoms with Crippen LogP contribution in [-0.2, 0) is 7.05 Å². The number of nitrogens with zero attached hydrogens (tertiary/aromatic N) is 3. The Labute approximate surface area is 107 Å². The highest BCUT2D eigenvalue weighted by atomic mass is 16.1. The van der Waals surface area contributed by atoms with Gasteiger partial charge in [0.05, 0.1) is 21.9 Å². The number of benzene rings is 1. The number of rotatable bonds is 0. The summed E-state index contributed by atoms with van der Waals surface area (Å²) in [6.45, 7) is 0. The van der Waals surface area contributed by atoms with Crippen LogP contribution in [0.15, 0.2) is 41.5 Å². The Kier molecular flexibility index (Phi) is 1.84. The molecule has 0 aliphatic carbocycles. The fourth-order valence-corrected chi connectivity index (χ4v) is 2.58. The summed E-state index contributed by atoms with van der Waals surface area (Å²) in [5, 5.41) is 5.34. The van der Waals surface area contributed by atoms with E-state index < -0.39 is 0 Å². The van der Waals surface area contributed by atoms with Gasteiger partial charge in [-0.2, -0.15) is 0 Å². The molecule has 19 heavy (non-hydrogen) atoms. The van der Waals surface area contributed by atoms with Crippen LogP contribution in [-0.4, -0.2) is 19.7 Å². The SMILES string of the molecule is Cn1[nH]c(=O)c2cnc3c(ccc4cccnc43)c21. The molecule has 3 heterocycles. The molecule has 0 saturated carbocycles. The van der Waals surface area contributed by atoms with E-state index in [1.165, 1.54) is 0 Å². The minimum absolute atomic E-state index is 0.118. The van der Waals surface area contributed by atoms with Crippen molar-refractivity contribution in [3.05, 3.63) is 47.0 Å². The van der Waals surface area contributed by atoms with Crippen molar-refractivity contribution >= 4 is 32.7 Å². The molecule has 4 rings (SSSR count). The number of fused-ring (bicyclic) bond motifs is 5. The quantitative estimate of drug-likeness (QED) is 0.485. The molecule has 0 aliphatic rings. The van der Waals surface area contributed by atoms with Crippen molar-refractivity contribution in [1.82, 2.24) is 19.7 Å². The Hall–Kier alpha value is -2.69. The van der Waals surface area contributed by atoms with Gasteiger partial charge in [-0.25, -0.2) is 0 Å². The minimum atomic E-state index is -0.118. The van der Waals surface area contributed by atoms with E-state index >= 15 is 0 Å². The zero-order valence-electron chi connectivity index (χ0n) is 10.2. The molecule has 3 aromatic heterocycles. The topological polar surface area (TPSA) is 63.6 Å². The lowest BCUT2D eigenvalue weighted by molar-refractivity contribution is 0.785. The molecule has 1 aromatic carbocycles. The van der Waals surface area contributed by atoms with Gasteiger partial charge in [0.25, 0.3) is 5.56 Å². The van der Waals surface area contributed by atoms with Gasteiger partial charge in [-0.05, 0) is 12.1 Å². The summed E-state index contributed by atoms with van der Waals surface area (Å²) in [6.07, 6.45) is 3.37. The highest BCUT2D eigenvalue weighted by Crippen LogP contribution is 2.26. The molecule has 0 fully saturated rings. The normalized spacial score (nSPS) is 11.6. The molecular weight excluding hydrogens is 240 g/mol. The van der Waals surface area contributed by atoms with Crippen molar-refractivity contribution in [3.63, 3.8) is 0 Å². The van der Waals surface area contributed by atoms with Crippen LogP contribution in [0.4, 0.5) is 0 Å². The third-order valence-electron chi connectivity index (χ3n) is 3.43. The zero-order chi connectivity index (χ0) is 13.0. The van der Waals surface area contributed by atoms with Crippen LogP contribution in [0.25, 0.3) is 32.7 Å². The van der Waals surface area contributed by atoms with Gasteiger partial charge in [0.15, 0.2) is 0 Å². The van der Waals surface area contributed by atoms with E-state index in [0.717, 1.165) is 27.3 Å². The maximum absolute atomic E-state index is 11.8. The third-order valence-corrected chi connectivity index (χ3v) is 3.43. The van der Waals surface area contributed by atoms with Crippen LogP contribution < -0.4 is 5.56 Å². The third kappa shape index (κ3) is 1.26. The summed E-state index contributed by atoms with van der Waals surface area (Å²) in [4.78, 5) is 20.6. The fourth-order valence-electron chi connectivity index (χ4n) is 2.58. The Morgan fingerprint density at radius 2 is 2.00 bits per heavy atom. The van der Waals surface area contributed by atoms with Gasteiger partial charge in [0.2, 0.25) is 0 Å². The van der Waals surface area contributed by atoms with Crippen molar-refractivity contribution in [2.24, 2.45) is 7.05 Å². The molecule has 0 spiro atoms. The second-order valence-electron chi connectivity index (χ2n) is 4.56. The fraction of sp³-hybridized carbons (Fsp3) is 0.0714. The molecule has 0 aliphatic heterocycles. The molecule has 5 heteroatoms. The number of hydrogen-bond donors (Lipinski definition) is 1. The summed E-state index contributed by atoms with van der Waals surface area (Å²) in [5.41, 5.74) is 2.42. The maximum atomic E-state index is 11.8. The summed E-state index contributed by atoms with van der Waals surface area (Å²) in [7, 11) is 1.83. The number of hydrogen-bond acceptors (Lipinski definition) is 3. The van der Waals surface area contributed by atoms with Crippen molar-refractivity contribution in [2.75, 3.05) is 0 Å². The van der Waals surface area contributed by atoms with Gasteiger partial charge in [0, 0.05) is 30.2 Å². The zero-order valence-corrected chi connectivity index (χ0v) is 10.2. The summed E-state index contributed by atoms with van der Waals surface area (Å²) >= 11 is 0. The first-order chi connectivity index (χ1) is 9.25. The lowest BCUT2D eigenvalue weighted by Gasteiger charge is -2.04. The average Bonchev–Trinajstić information content (AvgIpc) is 2.74. The van der Waals surface area contributed by atoms with Gasteiger partial charge < -0.3 is 0 Å². The van der Waals surface area contributed by atoms with Crippen molar-refractivity contribution in [2.45, 2.75) is 0 Å². The van der Waals surface area contributed by atoms with Crippen LogP contribution in [0.2, 0.25) is 0 Å². The molecule has 0 atom stereocenters. The van der Waals surface area contributed by atoms with E-state index in [1.807, 2.05) is 31.3 Å². The number of H-pyrrole nitrogens is 1. The second kappa shape index (κ2) is 3.41. The molecule has 0 bridgehead atoms. The summed E-state index contributed by atoms with van der Waals surface area (Å²) in [6, 6.07) is 7.90. The highest BCUT2D eigenvalue weighted by molar-refractivity contribution is 6.12. The second-order valence-corrected chi connectivity index (χ2v) is 4.56. The van der Waals surface area contributed by atoms with Gasteiger partial charge in [-0.3, -0.25) is 24.5 Å². The number of aromatic amines is 1.